The van der Waals surface area contributed by atoms with Crippen LogP contribution in [0.4, 0.5) is 13.2 Å². The van der Waals surface area contributed by atoms with Crippen molar-refractivity contribution in [1.82, 2.24) is 0 Å². The zero-order valence-electron chi connectivity index (χ0n) is 11.0. The molecule has 0 saturated carbocycles. The van der Waals surface area contributed by atoms with Gasteiger partial charge in [-0.1, -0.05) is 24.3 Å². The van der Waals surface area contributed by atoms with E-state index in [0.717, 1.165) is 10.8 Å². The summed E-state index contributed by atoms with van der Waals surface area (Å²) in [5, 5.41) is 10.7. The lowest BCUT2D eigenvalue weighted by Gasteiger charge is -2.11. The molecule has 2 rings (SSSR count). The SMILES string of the molecule is O=C(O)c1cc2ccccc2cc1OCCCC(F)(F)F. The van der Waals surface area contributed by atoms with Crippen LogP contribution in [0.2, 0.25) is 0 Å². The van der Waals surface area contributed by atoms with Crippen molar-refractivity contribution in [2.75, 3.05) is 6.61 Å². The van der Waals surface area contributed by atoms with E-state index >= 15 is 0 Å². The van der Waals surface area contributed by atoms with Crippen LogP contribution in [0.15, 0.2) is 36.4 Å². The fourth-order valence-electron chi connectivity index (χ4n) is 1.96. The molecular weight excluding hydrogens is 285 g/mol. The highest BCUT2D eigenvalue weighted by atomic mass is 19.4. The van der Waals surface area contributed by atoms with E-state index in [1.165, 1.54) is 12.1 Å². The first-order valence-electron chi connectivity index (χ1n) is 6.32. The third kappa shape index (κ3) is 4.11. The lowest BCUT2D eigenvalue weighted by Crippen LogP contribution is -2.11. The number of hydrogen-bond acceptors (Lipinski definition) is 2. The van der Waals surface area contributed by atoms with Crippen molar-refractivity contribution in [2.45, 2.75) is 19.0 Å². The number of ether oxygens (including phenoxy) is 1. The smallest absolute Gasteiger partial charge is 0.389 e. The second kappa shape index (κ2) is 6.03. The van der Waals surface area contributed by atoms with Gasteiger partial charge in [0.15, 0.2) is 0 Å². The summed E-state index contributed by atoms with van der Waals surface area (Å²) >= 11 is 0. The molecule has 0 aromatic heterocycles. The number of hydrogen-bond donors (Lipinski definition) is 1. The highest BCUT2D eigenvalue weighted by Gasteiger charge is 2.26. The maximum absolute atomic E-state index is 12.0. The summed E-state index contributed by atoms with van der Waals surface area (Å²) in [6, 6.07) is 10.1. The predicted molar refractivity (Wildman–Crippen MR) is 71.7 cm³/mol. The van der Waals surface area contributed by atoms with Gasteiger partial charge in [0.05, 0.1) is 6.61 Å². The summed E-state index contributed by atoms with van der Waals surface area (Å²) in [6.07, 6.45) is -5.40. The summed E-state index contributed by atoms with van der Waals surface area (Å²) < 4.78 is 41.4. The minimum absolute atomic E-state index is 0.0549. The Labute approximate surface area is 119 Å². The zero-order valence-corrected chi connectivity index (χ0v) is 11.0. The number of aromatic carboxylic acids is 1. The van der Waals surface area contributed by atoms with Gasteiger partial charge in [0, 0.05) is 6.42 Å². The molecule has 0 aliphatic carbocycles. The first-order valence-corrected chi connectivity index (χ1v) is 6.32. The van der Waals surface area contributed by atoms with Crippen molar-refractivity contribution >= 4 is 16.7 Å². The number of halogens is 3. The second-order valence-electron chi connectivity index (χ2n) is 4.57. The van der Waals surface area contributed by atoms with Crippen LogP contribution >= 0.6 is 0 Å². The summed E-state index contributed by atoms with van der Waals surface area (Å²) in [6.45, 7) is -0.182. The molecule has 0 saturated heterocycles. The van der Waals surface area contributed by atoms with Crippen LogP contribution in [0.3, 0.4) is 0 Å². The molecule has 2 aromatic rings. The average molecular weight is 298 g/mol. The molecule has 0 unspecified atom stereocenters. The number of carboxylic acids is 1. The molecule has 0 bridgehead atoms. The maximum atomic E-state index is 12.0. The first-order chi connectivity index (χ1) is 9.87. The molecule has 0 aliphatic heterocycles. The Morgan fingerprint density at radius 2 is 1.76 bits per heavy atom. The van der Waals surface area contributed by atoms with E-state index in [0.29, 0.717) is 0 Å². The lowest BCUT2D eigenvalue weighted by atomic mass is 10.1. The van der Waals surface area contributed by atoms with Gasteiger partial charge in [-0.05, 0) is 29.3 Å². The standard InChI is InChI=1S/C15H13F3O3/c16-15(17,18)6-3-7-21-13-9-11-5-2-1-4-10(11)8-12(13)14(19)20/h1-2,4-5,8-9H,3,6-7H2,(H,19,20). The Kier molecular flexibility index (Phi) is 4.35. The number of benzene rings is 2. The Hall–Kier alpha value is -2.24. The first kappa shape index (κ1) is 15.2. The van der Waals surface area contributed by atoms with Crippen molar-refractivity contribution in [2.24, 2.45) is 0 Å². The summed E-state index contributed by atoms with van der Waals surface area (Å²) in [5.41, 5.74) is -0.0549. The van der Waals surface area contributed by atoms with E-state index < -0.39 is 18.6 Å². The van der Waals surface area contributed by atoms with Gasteiger partial charge in [-0.25, -0.2) is 4.79 Å². The topological polar surface area (TPSA) is 46.5 Å². The molecule has 0 spiro atoms. The van der Waals surface area contributed by atoms with Crippen molar-refractivity contribution in [3.63, 3.8) is 0 Å². The van der Waals surface area contributed by atoms with Crippen LogP contribution in [0.1, 0.15) is 23.2 Å². The molecule has 0 amide bonds. The largest absolute Gasteiger partial charge is 0.493 e. The molecule has 21 heavy (non-hydrogen) atoms. The molecule has 3 nitrogen and oxygen atoms in total. The fourth-order valence-corrected chi connectivity index (χ4v) is 1.96. The molecular formula is C15H13F3O3. The van der Waals surface area contributed by atoms with E-state index in [2.05, 4.69) is 0 Å². The van der Waals surface area contributed by atoms with Gasteiger partial charge >= 0.3 is 12.1 Å². The van der Waals surface area contributed by atoms with Crippen molar-refractivity contribution < 1.29 is 27.8 Å². The summed E-state index contributed by atoms with van der Waals surface area (Å²) in [4.78, 5) is 11.2. The van der Waals surface area contributed by atoms with E-state index in [1.54, 1.807) is 24.3 Å². The normalized spacial score (nSPS) is 11.6. The fraction of sp³-hybridized carbons (Fsp3) is 0.267. The van der Waals surface area contributed by atoms with Crippen LogP contribution in [0, 0.1) is 0 Å². The Bertz CT molecular complexity index is 650. The van der Waals surface area contributed by atoms with Crippen LogP contribution in [0.25, 0.3) is 10.8 Å². The van der Waals surface area contributed by atoms with Crippen LogP contribution in [-0.2, 0) is 0 Å². The Morgan fingerprint density at radius 1 is 1.14 bits per heavy atom. The molecule has 0 atom stereocenters. The van der Waals surface area contributed by atoms with Gasteiger partial charge in [-0.3, -0.25) is 0 Å². The maximum Gasteiger partial charge on any atom is 0.389 e. The molecule has 2 aromatic carbocycles. The highest BCUT2D eigenvalue weighted by Crippen LogP contribution is 2.27. The van der Waals surface area contributed by atoms with E-state index in [1.807, 2.05) is 0 Å². The van der Waals surface area contributed by atoms with Gasteiger partial charge in [0.25, 0.3) is 0 Å². The number of alkyl halides is 3. The zero-order chi connectivity index (χ0) is 15.5. The van der Waals surface area contributed by atoms with Crippen molar-refractivity contribution in [3.8, 4) is 5.75 Å². The van der Waals surface area contributed by atoms with E-state index in [9.17, 15) is 18.0 Å². The molecule has 0 radical (unpaired) electrons. The lowest BCUT2D eigenvalue weighted by molar-refractivity contribution is -0.136. The number of fused-ring (bicyclic) bond motifs is 1. The molecule has 112 valence electrons. The minimum Gasteiger partial charge on any atom is -0.493 e. The molecule has 6 heteroatoms. The van der Waals surface area contributed by atoms with Gasteiger partial charge in [0.1, 0.15) is 11.3 Å². The highest BCUT2D eigenvalue weighted by molar-refractivity contribution is 5.97. The molecule has 0 aliphatic rings. The number of rotatable bonds is 5. The second-order valence-corrected chi connectivity index (χ2v) is 4.57. The number of carbonyl (C=O) groups is 1. The monoisotopic (exact) mass is 298 g/mol. The van der Waals surface area contributed by atoms with Crippen LogP contribution in [0.5, 0.6) is 5.75 Å². The third-order valence-corrected chi connectivity index (χ3v) is 2.94. The van der Waals surface area contributed by atoms with Gasteiger partial charge in [-0.15, -0.1) is 0 Å². The average Bonchev–Trinajstić information content (AvgIpc) is 2.41. The molecule has 0 fully saturated rings. The van der Waals surface area contributed by atoms with E-state index in [-0.39, 0.29) is 24.3 Å². The Balaban J connectivity index is 2.17. The third-order valence-electron chi connectivity index (χ3n) is 2.94. The Morgan fingerprint density at radius 3 is 2.33 bits per heavy atom. The predicted octanol–water partition coefficient (Wildman–Crippen LogP) is 4.26. The van der Waals surface area contributed by atoms with Gasteiger partial charge in [0.2, 0.25) is 0 Å². The van der Waals surface area contributed by atoms with Crippen LogP contribution < -0.4 is 4.74 Å². The molecule has 1 N–H and O–H groups in total. The van der Waals surface area contributed by atoms with Crippen LogP contribution in [-0.4, -0.2) is 23.9 Å². The molecule has 0 heterocycles. The van der Waals surface area contributed by atoms with Gasteiger partial charge < -0.3 is 9.84 Å². The quantitative estimate of drug-likeness (QED) is 0.839. The number of carboxylic acid groups (broad SMARTS) is 1. The van der Waals surface area contributed by atoms with E-state index in [4.69, 9.17) is 9.84 Å². The van der Waals surface area contributed by atoms with Gasteiger partial charge in [-0.2, -0.15) is 13.2 Å². The minimum atomic E-state index is -4.23. The van der Waals surface area contributed by atoms with Crippen molar-refractivity contribution in [3.05, 3.63) is 42.0 Å². The van der Waals surface area contributed by atoms with Crippen molar-refractivity contribution in [1.29, 1.82) is 0 Å². The summed E-state index contributed by atoms with van der Waals surface area (Å²) in [7, 11) is 0. The summed E-state index contributed by atoms with van der Waals surface area (Å²) in [5.74, 6) is -1.09.